The number of carbonyl (C=O) groups excluding carboxylic acids is 1. The molecule has 0 unspecified atom stereocenters. The van der Waals surface area contributed by atoms with Crippen LogP contribution in [0.15, 0.2) is 71.7 Å². The van der Waals surface area contributed by atoms with E-state index in [9.17, 15) is 9.59 Å². The van der Waals surface area contributed by atoms with E-state index in [0.717, 1.165) is 11.1 Å². The number of nitrogens with zero attached hydrogens (tertiary/aromatic N) is 2. The fraction of sp³-hybridized carbons (Fsp3) is 0.160. The van der Waals surface area contributed by atoms with Crippen LogP contribution in [0.5, 0.6) is 11.5 Å². The predicted octanol–water partition coefficient (Wildman–Crippen LogP) is 3.41. The Hall–Kier alpha value is -4.13. The van der Waals surface area contributed by atoms with Gasteiger partial charge in [0.15, 0.2) is 11.5 Å². The van der Waals surface area contributed by atoms with E-state index >= 15 is 0 Å². The van der Waals surface area contributed by atoms with Crippen molar-refractivity contribution in [2.45, 2.75) is 20.0 Å². The first-order chi connectivity index (χ1) is 15.6. The summed E-state index contributed by atoms with van der Waals surface area (Å²) in [5, 5.41) is 3.32. The summed E-state index contributed by atoms with van der Waals surface area (Å²) in [6.45, 7) is 2.74. The molecule has 0 saturated carbocycles. The van der Waals surface area contributed by atoms with Gasteiger partial charge in [0.25, 0.3) is 11.5 Å². The molecule has 1 amide bonds. The summed E-state index contributed by atoms with van der Waals surface area (Å²) in [6.07, 6.45) is 1.74. The Morgan fingerprint density at radius 3 is 2.69 bits per heavy atom. The van der Waals surface area contributed by atoms with Gasteiger partial charge in [-0.05, 0) is 42.3 Å². The number of fused-ring (bicyclic) bond motifs is 2. The minimum Gasteiger partial charge on any atom is -0.454 e. The van der Waals surface area contributed by atoms with Gasteiger partial charge in [0, 0.05) is 12.7 Å². The molecule has 32 heavy (non-hydrogen) atoms. The lowest BCUT2D eigenvalue weighted by atomic mass is 10.1. The van der Waals surface area contributed by atoms with Gasteiger partial charge in [-0.1, -0.05) is 36.4 Å². The molecule has 7 heteroatoms. The van der Waals surface area contributed by atoms with Crippen LogP contribution in [0.1, 0.15) is 27.2 Å². The SMILES string of the molecule is Cc1nc2ccn(Cc3ccccc3)c(=O)c2cc1C(=O)NCc1ccc2c(c1)OCO2. The molecule has 4 aromatic rings. The summed E-state index contributed by atoms with van der Waals surface area (Å²) in [5.74, 6) is 1.08. The summed E-state index contributed by atoms with van der Waals surface area (Å²) in [7, 11) is 0. The van der Waals surface area contributed by atoms with Crippen molar-refractivity contribution in [1.82, 2.24) is 14.9 Å². The number of hydrogen-bond donors (Lipinski definition) is 1. The predicted molar refractivity (Wildman–Crippen MR) is 120 cm³/mol. The molecule has 1 N–H and O–H groups in total. The number of aryl methyl sites for hydroxylation is 1. The highest BCUT2D eigenvalue weighted by atomic mass is 16.7. The second-order valence-electron chi connectivity index (χ2n) is 7.66. The van der Waals surface area contributed by atoms with Crippen LogP contribution in [0.25, 0.3) is 10.9 Å². The summed E-state index contributed by atoms with van der Waals surface area (Å²) < 4.78 is 12.3. The van der Waals surface area contributed by atoms with Crippen LogP contribution >= 0.6 is 0 Å². The third-order valence-corrected chi connectivity index (χ3v) is 5.48. The molecule has 0 saturated heterocycles. The number of benzene rings is 2. The van der Waals surface area contributed by atoms with E-state index in [2.05, 4.69) is 10.3 Å². The second kappa shape index (κ2) is 8.19. The van der Waals surface area contributed by atoms with Crippen LogP contribution in [-0.4, -0.2) is 22.3 Å². The average Bonchev–Trinajstić information content (AvgIpc) is 3.28. The van der Waals surface area contributed by atoms with Gasteiger partial charge in [-0.2, -0.15) is 0 Å². The minimum atomic E-state index is -0.285. The molecular weight excluding hydrogens is 406 g/mol. The zero-order valence-corrected chi connectivity index (χ0v) is 17.5. The number of pyridine rings is 2. The highest BCUT2D eigenvalue weighted by Gasteiger charge is 2.16. The number of aromatic nitrogens is 2. The maximum Gasteiger partial charge on any atom is 0.260 e. The first-order valence-corrected chi connectivity index (χ1v) is 10.3. The van der Waals surface area contributed by atoms with Gasteiger partial charge in [0.2, 0.25) is 6.79 Å². The van der Waals surface area contributed by atoms with E-state index < -0.39 is 0 Å². The molecule has 7 nitrogen and oxygen atoms in total. The van der Waals surface area contributed by atoms with Gasteiger partial charge in [0.1, 0.15) is 0 Å². The molecule has 0 fully saturated rings. The molecule has 5 rings (SSSR count). The van der Waals surface area contributed by atoms with Gasteiger partial charge >= 0.3 is 0 Å². The summed E-state index contributed by atoms with van der Waals surface area (Å²) in [4.78, 5) is 30.5. The Bertz CT molecular complexity index is 1380. The van der Waals surface area contributed by atoms with Crippen molar-refractivity contribution >= 4 is 16.8 Å². The Balaban J connectivity index is 1.40. The Kier molecular flexibility index (Phi) is 5.07. The van der Waals surface area contributed by atoms with E-state index in [1.54, 1.807) is 29.8 Å². The zero-order chi connectivity index (χ0) is 22.1. The van der Waals surface area contributed by atoms with E-state index in [0.29, 0.717) is 46.7 Å². The third-order valence-electron chi connectivity index (χ3n) is 5.48. The van der Waals surface area contributed by atoms with Gasteiger partial charge in [-0.15, -0.1) is 0 Å². The van der Waals surface area contributed by atoms with Crippen LogP contribution in [0.2, 0.25) is 0 Å². The van der Waals surface area contributed by atoms with Crippen molar-refractivity contribution < 1.29 is 14.3 Å². The lowest BCUT2D eigenvalue weighted by molar-refractivity contribution is 0.0950. The largest absolute Gasteiger partial charge is 0.454 e. The number of ether oxygens (including phenoxy) is 2. The van der Waals surface area contributed by atoms with Crippen LogP contribution in [0.3, 0.4) is 0 Å². The van der Waals surface area contributed by atoms with Gasteiger partial charge in [-0.25, -0.2) is 0 Å². The Morgan fingerprint density at radius 1 is 1.03 bits per heavy atom. The highest BCUT2D eigenvalue weighted by Crippen LogP contribution is 2.32. The van der Waals surface area contributed by atoms with Crippen LogP contribution in [-0.2, 0) is 13.1 Å². The van der Waals surface area contributed by atoms with Crippen molar-refractivity contribution in [1.29, 1.82) is 0 Å². The maximum absolute atomic E-state index is 13.1. The zero-order valence-electron chi connectivity index (χ0n) is 17.5. The lowest BCUT2D eigenvalue weighted by Crippen LogP contribution is -2.25. The number of carbonyl (C=O) groups is 1. The Labute approximate surface area is 184 Å². The highest BCUT2D eigenvalue weighted by molar-refractivity contribution is 5.98. The summed E-state index contributed by atoms with van der Waals surface area (Å²) >= 11 is 0. The number of hydrogen-bond acceptors (Lipinski definition) is 5. The van der Waals surface area contributed by atoms with Crippen LogP contribution in [0.4, 0.5) is 0 Å². The van der Waals surface area contributed by atoms with Gasteiger partial charge in [-0.3, -0.25) is 14.6 Å². The lowest BCUT2D eigenvalue weighted by Gasteiger charge is -2.11. The molecule has 0 radical (unpaired) electrons. The second-order valence-corrected chi connectivity index (χ2v) is 7.66. The van der Waals surface area contributed by atoms with Crippen molar-refractivity contribution in [3.63, 3.8) is 0 Å². The van der Waals surface area contributed by atoms with Crippen molar-refractivity contribution in [3.8, 4) is 11.5 Å². The topological polar surface area (TPSA) is 82.5 Å². The Morgan fingerprint density at radius 2 is 1.84 bits per heavy atom. The summed E-state index contributed by atoms with van der Waals surface area (Å²) in [6, 6.07) is 18.7. The molecule has 2 aromatic carbocycles. The normalized spacial score (nSPS) is 12.2. The number of rotatable bonds is 5. The molecule has 1 aliphatic rings. The molecule has 160 valence electrons. The number of amides is 1. The molecule has 3 heterocycles. The minimum absolute atomic E-state index is 0.177. The molecule has 1 aliphatic heterocycles. The van der Waals surface area contributed by atoms with Crippen LogP contribution in [0, 0.1) is 6.92 Å². The average molecular weight is 427 g/mol. The molecule has 0 spiro atoms. The quantitative estimate of drug-likeness (QED) is 0.528. The van der Waals surface area contributed by atoms with E-state index in [1.165, 1.54) is 0 Å². The molecule has 0 aliphatic carbocycles. The van der Waals surface area contributed by atoms with Gasteiger partial charge in [0.05, 0.1) is 28.7 Å². The van der Waals surface area contributed by atoms with E-state index in [4.69, 9.17) is 9.47 Å². The van der Waals surface area contributed by atoms with Crippen molar-refractivity contribution in [3.05, 3.63) is 99.6 Å². The van der Waals surface area contributed by atoms with Crippen molar-refractivity contribution in [2.24, 2.45) is 0 Å². The van der Waals surface area contributed by atoms with Crippen LogP contribution < -0.4 is 20.3 Å². The molecule has 2 aromatic heterocycles. The first kappa shape index (κ1) is 19.8. The molecule has 0 atom stereocenters. The fourth-order valence-electron chi connectivity index (χ4n) is 3.77. The van der Waals surface area contributed by atoms with E-state index in [-0.39, 0.29) is 18.3 Å². The maximum atomic E-state index is 13.1. The molecule has 0 bridgehead atoms. The van der Waals surface area contributed by atoms with E-state index in [1.807, 2.05) is 48.5 Å². The summed E-state index contributed by atoms with van der Waals surface area (Å²) in [5.41, 5.74) is 3.26. The monoisotopic (exact) mass is 427 g/mol. The standard InChI is InChI=1S/C25H21N3O4/c1-16-19(24(29)26-13-18-7-8-22-23(11-18)32-15-31-22)12-20-21(27-16)9-10-28(25(20)30)14-17-5-3-2-4-6-17/h2-12H,13-15H2,1H3,(H,26,29). The third kappa shape index (κ3) is 3.80. The van der Waals surface area contributed by atoms with Gasteiger partial charge < -0.3 is 19.4 Å². The smallest absolute Gasteiger partial charge is 0.260 e. The number of nitrogens with one attached hydrogen (secondary N) is 1. The molecular formula is C25H21N3O4. The fourth-order valence-corrected chi connectivity index (χ4v) is 3.77. The first-order valence-electron chi connectivity index (χ1n) is 10.3. The van der Waals surface area contributed by atoms with Crippen molar-refractivity contribution in [2.75, 3.05) is 6.79 Å².